The number of aromatic nitrogens is 4. The Bertz CT molecular complexity index is 1640. The van der Waals surface area contributed by atoms with Gasteiger partial charge in [0, 0.05) is 24.5 Å². The van der Waals surface area contributed by atoms with E-state index < -0.39 is 68.8 Å². The third kappa shape index (κ3) is 10.3. The summed E-state index contributed by atoms with van der Waals surface area (Å²) in [5, 5.41) is 18.2. The van der Waals surface area contributed by atoms with Gasteiger partial charge in [-0.15, -0.1) is 16.4 Å². The molecule has 0 saturated carbocycles. The lowest BCUT2D eigenvalue weighted by Gasteiger charge is -2.43. The molecule has 0 bridgehead atoms. The van der Waals surface area contributed by atoms with Crippen molar-refractivity contribution in [2.24, 2.45) is 5.16 Å². The number of nitrogens with zero attached hydrogens (tertiary/aromatic N) is 6. The zero-order valence-electron chi connectivity index (χ0n) is 27.1. The second-order valence-corrected chi connectivity index (χ2v) is 15.0. The number of carbonyl (C=O) groups is 4. The lowest BCUT2D eigenvalue weighted by atomic mass is 9.94. The van der Waals surface area contributed by atoms with E-state index in [9.17, 15) is 32.1 Å². The van der Waals surface area contributed by atoms with Crippen LogP contribution < -0.4 is 16.4 Å². The van der Waals surface area contributed by atoms with Crippen molar-refractivity contribution >= 4 is 56.4 Å². The van der Waals surface area contributed by atoms with Crippen molar-refractivity contribution < 1.29 is 46.5 Å². The number of thiazole rings is 1. The summed E-state index contributed by atoms with van der Waals surface area (Å²) in [7, 11) is -5.03. The van der Waals surface area contributed by atoms with E-state index in [2.05, 4.69) is 31.1 Å². The Morgan fingerprint density at radius 3 is 2.30 bits per heavy atom. The lowest BCUT2D eigenvalue weighted by Crippen LogP contribution is -2.73. The van der Waals surface area contributed by atoms with E-state index in [-0.39, 0.29) is 40.3 Å². The molecule has 1 aliphatic rings. The largest absolute Gasteiger partial charge is 0.457 e. The van der Waals surface area contributed by atoms with Gasteiger partial charge in [0.25, 0.3) is 11.8 Å². The van der Waals surface area contributed by atoms with Crippen LogP contribution in [0, 0.1) is 0 Å². The molecule has 0 aliphatic carbocycles. The number of nitrogen functional groups attached to an aromatic ring is 1. The Balaban J connectivity index is 1.78. The van der Waals surface area contributed by atoms with Crippen LogP contribution in [0.1, 0.15) is 66.8 Å². The summed E-state index contributed by atoms with van der Waals surface area (Å²) in [5.74, 6) is -2.93. The zero-order chi connectivity index (χ0) is 35.5. The van der Waals surface area contributed by atoms with Crippen LogP contribution in [0.3, 0.4) is 0 Å². The van der Waals surface area contributed by atoms with Gasteiger partial charge in [0.05, 0.1) is 18.3 Å². The normalized spacial score (nSPS) is 17.5. The zero-order valence-corrected chi connectivity index (χ0v) is 28.8. The first-order valence-corrected chi connectivity index (χ1v) is 16.4. The standard InChI is InChI=1S/C26H39N9O10S2/c1-24(2,3)43-21(38)26(7,8)45-32-17(15-13-46-22(27)29-15)19(36)30-18-16(35(20(18)37)47(40,41)42)11-14-12-34(33-31-14)10-9-28-23(39)44-25(4,5)6/h12-13,16,18H,9-11H2,1-8H3,(H2,27,29)(H,28,39)(H,30,36)(H,40,41,42)/b32-17+/t16-,18+/m1/s1. The van der Waals surface area contributed by atoms with Crippen LogP contribution in [0.5, 0.6) is 0 Å². The summed E-state index contributed by atoms with van der Waals surface area (Å²) in [6.07, 6.45) is 0.558. The average molecular weight is 702 g/mol. The molecule has 0 unspecified atom stereocenters. The Kier molecular flexibility index (Phi) is 10.9. The highest BCUT2D eigenvalue weighted by atomic mass is 32.2. The molecule has 21 heteroatoms. The second kappa shape index (κ2) is 13.8. The molecule has 1 saturated heterocycles. The minimum Gasteiger partial charge on any atom is -0.457 e. The van der Waals surface area contributed by atoms with E-state index in [1.165, 1.54) is 30.1 Å². The molecule has 19 nitrogen and oxygen atoms in total. The van der Waals surface area contributed by atoms with Crippen LogP contribution >= 0.6 is 11.3 Å². The average Bonchev–Trinajstić information content (AvgIpc) is 3.53. The number of anilines is 1. The van der Waals surface area contributed by atoms with Crippen molar-refractivity contribution in [1.29, 1.82) is 0 Å². The Hall–Kier alpha value is -4.37. The molecule has 2 atom stereocenters. The van der Waals surface area contributed by atoms with Gasteiger partial charge < -0.3 is 30.7 Å². The maximum Gasteiger partial charge on any atom is 0.407 e. The molecule has 5 N–H and O–H groups in total. The molecule has 3 amide bonds. The molecular weight excluding hydrogens is 662 g/mol. The molecule has 0 spiro atoms. The van der Waals surface area contributed by atoms with Crippen LogP contribution in [0.2, 0.25) is 0 Å². The van der Waals surface area contributed by atoms with E-state index in [0.717, 1.165) is 11.3 Å². The molecule has 260 valence electrons. The number of alkyl carbamates (subject to hydrolysis) is 1. The molecule has 0 radical (unpaired) electrons. The summed E-state index contributed by atoms with van der Waals surface area (Å²) in [5.41, 5.74) is 2.22. The van der Waals surface area contributed by atoms with Gasteiger partial charge in [0.1, 0.15) is 22.9 Å². The van der Waals surface area contributed by atoms with Crippen molar-refractivity contribution in [2.75, 3.05) is 12.3 Å². The number of hydrogen-bond acceptors (Lipinski definition) is 15. The minimum atomic E-state index is -5.03. The first-order chi connectivity index (χ1) is 21.5. The highest BCUT2D eigenvalue weighted by Gasteiger charge is 2.54. The van der Waals surface area contributed by atoms with Gasteiger partial charge in [-0.05, 0) is 55.4 Å². The Morgan fingerprint density at radius 2 is 1.74 bits per heavy atom. The van der Waals surface area contributed by atoms with Gasteiger partial charge in [-0.3, -0.25) is 18.8 Å². The Morgan fingerprint density at radius 1 is 1.11 bits per heavy atom. The number of carbonyl (C=O) groups excluding carboxylic acids is 4. The first-order valence-electron chi connectivity index (χ1n) is 14.2. The predicted octanol–water partition coefficient (Wildman–Crippen LogP) is 0.424. The van der Waals surface area contributed by atoms with E-state index in [1.54, 1.807) is 41.5 Å². The molecule has 3 heterocycles. The Labute approximate surface area is 275 Å². The van der Waals surface area contributed by atoms with Crippen LogP contribution in [0.4, 0.5) is 9.93 Å². The number of esters is 1. The molecule has 3 rings (SSSR count). The van der Waals surface area contributed by atoms with Crippen molar-refractivity contribution in [2.45, 2.75) is 97.2 Å². The number of amides is 3. The third-order valence-electron chi connectivity index (χ3n) is 5.95. The molecule has 1 aliphatic heterocycles. The fourth-order valence-corrected chi connectivity index (χ4v) is 5.34. The van der Waals surface area contributed by atoms with Crippen molar-refractivity contribution in [3.8, 4) is 0 Å². The van der Waals surface area contributed by atoms with Gasteiger partial charge in [0.15, 0.2) is 10.8 Å². The fraction of sp³-hybridized carbons (Fsp3) is 0.615. The van der Waals surface area contributed by atoms with Gasteiger partial charge in [-0.1, -0.05) is 10.4 Å². The highest BCUT2D eigenvalue weighted by molar-refractivity contribution is 7.84. The molecule has 47 heavy (non-hydrogen) atoms. The number of β-lactam (4-membered cyclic amide) rings is 1. The summed E-state index contributed by atoms with van der Waals surface area (Å²) >= 11 is 0.978. The van der Waals surface area contributed by atoms with Gasteiger partial charge >= 0.3 is 22.4 Å². The monoisotopic (exact) mass is 701 g/mol. The van der Waals surface area contributed by atoms with Crippen LogP contribution in [0.25, 0.3) is 0 Å². The van der Waals surface area contributed by atoms with E-state index in [4.69, 9.17) is 20.0 Å². The number of oxime groups is 1. The van der Waals surface area contributed by atoms with E-state index in [1.807, 2.05) is 0 Å². The molecule has 0 aromatic carbocycles. The minimum absolute atomic E-state index is 0.0529. The van der Waals surface area contributed by atoms with Gasteiger partial charge in [0.2, 0.25) is 5.60 Å². The van der Waals surface area contributed by atoms with Crippen molar-refractivity contribution in [3.05, 3.63) is 23.0 Å². The molecule has 2 aromatic heterocycles. The summed E-state index contributed by atoms with van der Waals surface area (Å²) in [6.45, 7) is 13.2. The quantitative estimate of drug-likeness (QED) is 0.0769. The number of nitrogens with one attached hydrogen (secondary N) is 2. The van der Waals surface area contributed by atoms with E-state index in [0.29, 0.717) is 0 Å². The van der Waals surface area contributed by atoms with Crippen LogP contribution in [0.15, 0.2) is 16.7 Å². The topological polar surface area (TPSA) is 260 Å². The summed E-state index contributed by atoms with van der Waals surface area (Å²) in [4.78, 5) is 60.3. The first kappa shape index (κ1) is 37.1. The van der Waals surface area contributed by atoms with E-state index >= 15 is 0 Å². The van der Waals surface area contributed by atoms with Gasteiger partial charge in [-0.2, -0.15) is 8.42 Å². The number of hydrogen-bond donors (Lipinski definition) is 4. The maximum atomic E-state index is 13.5. The van der Waals surface area contributed by atoms with Crippen molar-refractivity contribution in [3.63, 3.8) is 0 Å². The number of ether oxygens (including phenoxy) is 2. The maximum absolute atomic E-state index is 13.5. The van der Waals surface area contributed by atoms with Gasteiger partial charge in [-0.25, -0.2) is 18.9 Å². The summed E-state index contributed by atoms with van der Waals surface area (Å²) < 4.78 is 45.9. The third-order valence-corrected chi connectivity index (χ3v) is 7.57. The number of nitrogens with two attached hydrogens (primary N) is 1. The lowest BCUT2D eigenvalue weighted by molar-refractivity contribution is -0.179. The smallest absolute Gasteiger partial charge is 0.407 e. The number of rotatable bonds is 12. The fourth-order valence-electron chi connectivity index (χ4n) is 3.91. The highest BCUT2D eigenvalue weighted by Crippen LogP contribution is 2.27. The predicted molar refractivity (Wildman–Crippen MR) is 166 cm³/mol. The van der Waals surface area contributed by atoms with Crippen LogP contribution in [-0.2, 0) is 52.0 Å². The SMILES string of the molecule is CC(C)(C)OC(=O)NCCn1cc(C[C@@H]2[C@H](NC(=O)/C(=N/OC(C)(C)C(=O)OC(C)(C)C)c3csc(N)n3)C(=O)N2S(=O)(=O)O)nn1. The molecular formula is C26H39N9O10S2. The second-order valence-electron chi connectivity index (χ2n) is 12.9. The molecule has 2 aromatic rings. The molecule has 1 fully saturated rings. The summed E-state index contributed by atoms with van der Waals surface area (Å²) in [6, 6.07) is -2.78. The van der Waals surface area contributed by atoms with Crippen LogP contribution in [-0.4, -0.2) is 102 Å². The van der Waals surface area contributed by atoms with Crippen molar-refractivity contribution in [1.82, 2.24) is 34.9 Å².